The van der Waals surface area contributed by atoms with Crippen molar-refractivity contribution >= 4 is 29.9 Å². The van der Waals surface area contributed by atoms with Crippen molar-refractivity contribution in [2.75, 3.05) is 26.3 Å². The normalized spacial score (nSPS) is 20.8. The molecule has 3 heterocycles. The first kappa shape index (κ1) is 22.8. The fourth-order valence-electron chi connectivity index (χ4n) is 3.83. The Balaban J connectivity index is 0.00000256. The van der Waals surface area contributed by atoms with Gasteiger partial charge in [0.1, 0.15) is 17.9 Å². The summed E-state index contributed by atoms with van der Waals surface area (Å²) in [4.78, 5) is 4.82. The number of hydrogen-bond acceptors (Lipinski definition) is 5. The fourth-order valence-corrected chi connectivity index (χ4v) is 3.83. The lowest BCUT2D eigenvalue weighted by Gasteiger charge is -2.28. The number of nitrogens with zero attached hydrogens (tertiary/aromatic N) is 4. The number of aliphatic imine (C=N–C) groups is 1. The number of ether oxygens (including phenoxy) is 2. The first-order valence-corrected chi connectivity index (χ1v) is 10.6. The highest BCUT2D eigenvalue weighted by Gasteiger charge is 2.22. The van der Waals surface area contributed by atoms with Gasteiger partial charge in [-0.15, -0.1) is 34.2 Å². The van der Waals surface area contributed by atoms with E-state index in [1.807, 2.05) is 12.1 Å². The van der Waals surface area contributed by atoms with Crippen LogP contribution in [0.5, 0.6) is 5.75 Å². The van der Waals surface area contributed by atoms with Crippen LogP contribution in [0.2, 0.25) is 0 Å². The SMILES string of the molecule is CCc1nncn1CCNC(=NCC1CCCO1)NC1CCOc2ccccc21.I. The van der Waals surface area contributed by atoms with Crippen LogP contribution in [-0.4, -0.2) is 53.1 Å². The molecule has 164 valence electrons. The number of rotatable bonds is 7. The summed E-state index contributed by atoms with van der Waals surface area (Å²) in [7, 11) is 0. The molecule has 0 saturated carbocycles. The molecule has 1 fully saturated rings. The van der Waals surface area contributed by atoms with Crippen LogP contribution in [0.4, 0.5) is 0 Å². The molecular formula is C21H31IN6O2. The number of aryl methyl sites for hydroxylation is 1. The van der Waals surface area contributed by atoms with Gasteiger partial charge in [-0.1, -0.05) is 25.1 Å². The zero-order chi connectivity index (χ0) is 19.9. The molecule has 1 aromatic carbocycles. The third kappa shape index (κ3) is 5.84. The molecule has 2 atom stereocenters. The van der Waals surface area contributed by atoms with Gasteiger partial charge >= 0.3 is 0 Å². The summed E-state index contributed by atoms with van der Waals surface area (Å²) in [5.74, 6) is 2.76. The van der Waals surface area contributed by atoms with E-state index < -0.39 is 0 Å². The number of hydrogen-bond donors (Lipinski definition) is 2. The number of benzene rings is 1. The number of fused-ring (bicyclic) bond motifs is 1. The molecule has 0 aliphatic carbocycles. The molecule has 0 bridgehead atoms. The first-order valence-electron chi connectivity index (χ1n) is 10.6. The molecular weight excluding hydrogens is 495 g/mol. The van der Waals surface area contributed by atoms with Gasteiger partial charge in [-0.25, -0.2) is 0 Å². The highest BCUT2D eigenvalue weighted by atomic mass is 127. The third-order valence-corrected chi connectivity index (χ3v) is 5.40. The van der Waals surface area contributed by atoms with Crippen molar-refractivity contribution in [3.63, 3.8) is 0 Å². The maximum absolute atomic E-state index is 5.79. The van der Waals surface area contributed by atoms with Gasteiger partial charge in [-0.3, -0.25) is 4.99 Å². The highest BCUT2D eigenvalue weighted by molar-refractivity contribution is 14.0. The quantitative estimate of drug-likeness (QED) is 0.328. The molecule has 8 nitrogen and oxygen atoms in total. The topological polar surface area (TPSA) is 85.6 Å². The third-order valence-electron chi connectivity index (χ3n) is 5.40. The van der Waals surface area contributed by atoms with Gasteiger partial charge < -0.3 is 24.7 Å². The van der Waals surface area contributed by atoms with E-state index in [1.54, 1.807) is 6.33 Å². The second kappa shape index (κ2) is 11.5. The van der Waals surface area contributed by atoms with Crippen LogP contribution in [-0.2, 0) is 17.7 Å². The average Bonchev–Trinajstić information content (AvgIpc) is 3.44. The molecule has 2 N–H and O–H groups in total. The van der Waals surface area contributed by atoms with Crippen LogP contribution in [0.15, 0.2) is 35.6 Å². The molecule has 2 aliphatic heterocycles. The monoisotopic (exact) mass is 526 g/mol. The number of guanidine groups is 1. The van der Waals surface area contributed by atoms with Crippen LogP contribution in [0, 0.1) is 0 Å². The largest absolute Gasteiger partial charge is 0.493 e. The lowest BCUT2D eigenvalue weighted by Crippen LogP contribution is -2.42. The zero-order valence-electron chi connectivity index (χ0n) is 17.4. The summed E-state index contributed by atoms with van der Waals surface area (Å²) in [6.07, 6.45) is 5.99. The van der Waals surface area contributed by atoms with E-state index >= 15 is 0 Å². The van der Waals surface area contributed by atoms with Gasteiger partial charge in [0.25, 0.3) is 0 Å². The molecule has 0 radical (unpaired) electrons. The second-order valence-corrected chi connectivity index (χ2v) is 7.42. The molecule has 2 unspecified atom stereocenters. The summed E-state index contributed by atoms with van der Waals surface area (Å²) in [6.45, 7) is 5.85. The Morgan fingerprint density at radius 1 is 1.27 bits per heavy atom. The number of para-hydroxylation sites is 1. The minimum absolute atomic E-state index is 0. The molecule has 4 rings (SSSR count). The lowest BCUT2D eigenvalue weighted by molar-refractivity contribution is 0.117. The van der Waals surface area contributed by atoms with E-state index in [0.29, 0.717) is 13.2 Å². The molecule has 0 spiro atoms. The lowest BCUT2D eigenvalue weighted by atomic mass is 10.0. The highest BCUT2D eigenvalue weighted by Crippen LogP contribution is 2.31. The molecule has 0 amide bonds. The predicted molar refractivity (Wildman–Crippen MR) is 127 cm³/mol. The number of halogens is 1. The van der Waals surface area contributed by atoms with E-state index in [1.165, 1.54) is 5.56 Å². The Morgan fingerprint density at radius 3 is 3.00 bits per heavy atom. The number of aromatic nitrogens is 3. The fraction of sp³-hybridized carbons (Fsp3) is 0.571. The molecule has 30 heavy (non-hydrogen) atoms. The molecule has 2 aliphatic rings. The van der Waals surface area contributed by atoms with Crippen molar-refractivity contribution in [1.82, 2.24) is 25.4 Å². The van der Waals surface area contributed by atoms with E-state index in [0.717, 1.165) is 62.9 Å². The van der Waals surface area contributed by atoms with Crippen molar-refractivity contribution < 1.29 is 9.47 Å². The maximum atomic E-state index is 5.79. The molecule has 9 heteroatoms. The Labute approximate surface area is 194 Å². The number of nitrogens with one attached hydrogen (secondary N) is 2. The van der Waals surface area contributed by atoms with Crippen LogP contribution in [0.3, 0.4) is 0 Å². The van der Waals surface area contributed by atoms with Crippen molar-refractivity contribution in [3.8, 4) is 5.75 Å². The van der Waals surface area contributed by atoms with E-state index in [9.17, 15) is 0 Å². The Morgan fingerprint density at radius 2 is 2.17 bits per heavy atom. The summed E-state index contributed by atoms with van der Waals surface area (Å²) in [6, 6.07) is 8.39. The molecule has 1 saturated heterocycles. The van der Waals surface area contributed by atoms with E-state index in [4.69, 9.17) is 14.5 Å². The minimum atomic E-state index is 0. The van der Waals surface area contributed by atoms with E-state index in [2.05, 4.69) is 44.5 Å². The average molecular weight is 526 g/mol. The van der Waals surface area contributed by atoms with Crippen LogP contribution < -0.4 is 15.4 Å². The van der Waals surface area contributed by atoms with Gasteiger partial charge in [0, 0.05) is 38.1 Å². The minimum Gasteiger partial charge on any atom is -0.493 e. The van der Waals surface area contributed by atoms with Crippen LogP contribution >= 0.6 is 24.0 Å². The van der Waals surface area contributed by atoms with Gasteiger partial charge in [0.2, 0.25) is 0 Å². The molecule has 1 aromatic heterocycles. The molecule has 2 aromatic rings. The summed E-state index contributed by atoms with van der Waals surface area (Å²) < 4.78 is 13.6. The Bertz CT molecular complexity index is 821. The van der Waals surface area contributed by atoms with Gasteiger partial charge in [0.05, 0.1) is 25.3 Å². The smallest absolute Gasteiger partial charge is 0.191 e. The predicted octanol–water partition coefficient (Wildman–Crippen LogP) is 2.70. The van der Waals surface area contributed by atoms with Gasteiger partial charge in [-0.2, -0.15) is 0 Å². The maximum Gasteiger partial charge on any atom is 0.191 e. The summed E-state index contributed by atoms with van der Waals surface area (Å²) in [5.41, 5.74) is 1.18. The van der Waals surface area contributed by atoms with Crippen LogP contribution in [0.1, 0.15) is 43.6 Å². The summed E-state index contributed by atoms with van der Waals surface area (Å²) >= 11 is 0. The summed E-state index contributed by atoms with van der Waals surface area (Å²) in [5, 5.41) is 15.2. The Kier molecular flexibility index (Phi) is 8.74. The van der Waals surface area contributed by atoms with Crippen molar-refractivity contribution in [2.45, 2.75) is 51.3 Å². The van der Waals surface area contributed by atoms with Crippen molar-refractivity contribution in [1.29, 1.82) is 0 Å². The Hall–Kier alpha value is -1.88. The van der Waals surface area contributed by atoms with Crippen LogP contribution in [0.25, 0.3) is 0 Å². The van der Waals surface area contributed by atoms with Crippen molar-refractivity contribution in [3.05, 3.63) is 42.0 Å². The van der Waals surface area contributed by atoms with Gasteiger partial charge in [-0.05, 0) is 18.9 Å². The second-order valence-electron chi connectivity index (χ2n) is 7.42. The first-order chi connectivity index (χ1) is 14.3. The standard InChI is InChI=1S/C21H30N6O2.HI/c1-2-20-26-24-15-27(20)11-10-22-21(23-14-16-6-5-12-28-16)25-18-9-13-29-19-8-4-3-7-17(18)19;/h3-4,7-8,15-16,18H,2,5-6,9-14H2,1H3,(H2,22,23,25);1H. The van der Waals surface area contributed by atoms with Crippen molar-refractivity contribution in [2.24, 2.45) is 4.99 Å². The zero-order valence-corrected chi connectivity index (χ0v) is 19.7. The van der Waals surface area contributed by atoms with Gasteiger partial charge in [0.15, 0.2) is 5.96 Å². The van der Waals surface area contributed by atoms with E-state index in [-0.39, 0.29) is 36.1 Å².